The molecule has 21 nitrogen and oxygen atoms in total. The molecule has 0 radical (unpaired) electrons. The van der Waals surface area contributed by atoms with Gasteiger partial charge in [-0.3, -0.25) is 24.7 Å². The number of carbonyl (C=O) groups excluding carboxylic acids is 3. The SMILES string of the molecule is CN(CC(=O)NCCOCCOCCC(=O)NCCCCNc1ncnc(N)c1C(=N)c1ccc2oc(N)nc2c1)CC(=O)N1CCN(c2ncc(CN)cn2)CC1. The first-order valence-corrected chi connectivity index (χ1v) is 19.1. The number of nitrogens with one attached hydrogen (secondary N) is 4. The van der Waals surface area contributed by atoms with Crippen LogP contribution in [0.15, 0.2) is 41.3 Å². The van der Waals surface area contributed by atoms with Crippen molar-refractivity contribution in [3.8, 4) is 0 Å². The van der Waals surface area contributed by atoms with E-state index in [1.54, 1.807) is 47.4 Å². The third-order valence-corrected chi connectivity index (χ3v) is 9.11. The first kappa shape index (κ1) is 43.1. The molecule has 0 unspecified atom stereocenters. The summed E-state index contributed by atoms with van der Waals surface area (Å²) in [6, 6.07) is 5.16. The normalized spacial score (nSPS) is 12.9. The molecule has 0 aliphatic carbocycles. The number of piperazine rings is 1. The van der Waals surface area contributed by atoms with Crippen molar-refractivity contribution in [3.63, 3.8) is 0 Å². The van der Waals surface area contributed by atoms with Gasteiger partial charge in [-0.2, -0.15) is 4.98 Å². The van der Waals surface area contributed by atoms with Crippen molar-refractivity contribution in [2.45, 2.75) is 25.8 Å². The molecule has 58 heavy (non-hydrogen) atoms. The Kier molecular flexibility index (Phi) is 16.4. The van der Waals surface area contributed by atoms with Crippen LogP contribution >= 0.6 is 0 Å². The minimum Gasteiger partial charge on any atom is -0.424 e. The fraction of sp³-hybridized carbons (Fsp3) is 0.486. The molecule has 10 N–H and O–H groups in total. The third-order valence-electron chi connectivity index (χ3n) is 9.11. The van der Waals surface area contributed by atoms with Gasteiger partial charge in [-0.25, -0.2) is 19.9 Å². The van der Waals surface area contributed by atoms with Crippen molar-refractivity contribution >= 4 is 58.1 Å². The van der Waals surface area contributed by atoms with Gasteiger partial charge in [0, 0.05) is 82.3 Å². The highest BCUT2D eigenvalue weighted by Crippen LogP contribution is 2.25. The van der Waals surface area contributed by atoms with Crippen LogP contribution in [-0.2, 0) is 30.4 Å². The third kappa shape index (κ3) is 13.0. The smallest absolute Gasteiger partial charge is 0.292 e. The minimum atomic E-state index is -0.201. The molecule has 4 aromatic rings. The van der Waals surface area contributed by atoms with E-state index in [2.05, 4.69) is 40.9 Å². The van der Waals surface area contributed by atoms with Crippen LogP contribution in [0.2, 0.25) is 0 Å². The molecule has 21 heteroatoms. The Morgan fingerprint density at radius 3 is 2.38 bits per heavy atom. The second kappa shape index (κ2) is 22.1. The number of carbonyl (C=O) groups is 3. The number of fused-ring (bicyclic) bond motifs is 1. The predicted molar refractivity (Wildman–Crippen MR) is 217 cm³/mol. The van der Waals surface area contributed by atoms with E-state index in [9.17, 15) is 14.4 Å². The number of aromatic nitrogens is 5. The molecule has 5 rings (SSSR count). The zero-order valence-corrected chi connectivity index (χ0v) is 32.7. The number of nitrogens with two attached hydrogens (primary N) is 3. The summed E-state index contributed by atoms with van der Waals surface area (Å²) in [6.45, 7) is 5.53. The summed E-state index contributed by atoms with van der Waals surface area (Å²) in [4.78, 5) is 64.1. The monoisotopic (exact) mass is 803 g/mol. The Balaban J connectivity index is 0.838. The Labute approximate surface area is 335 Å². The fourth-order valence-electron chi connectivity index (χ4n) is 6.01. The maximum Gasteiger partial charge on any atom is 0.292 e. The van der Waals surface area contributed by atoms with E-state index in [0.29, 0.717) is 106 Å². The molecule has 0 bridgehead atoms. The van der Waals surface area contributed by atoms with E-state index < -0.39 is 0 Å². The van der Waals surface area contributed by atoms with Crippen molar-refractivity contribution in [1.82, 2.24) is 45.4 Å². The van der Waals surface area contributed by atoms with E-state index in [1.807, 2.05) is 4.90 Å². The second-order valence-corrected chi connectivity index (χ2v) is 13.5. The predicted octanol–water partition coefficient (Wildman–Crippen LogP) is -0.425. The zero-order chi connectivity index (χ0) is 41.3. The van der Waals surface area contributed by atoms with Crippen LogP contribution < -0.4 is 38.1 Å². The first-order chi connectivity index (χ1) is 28.1. The highest BCUT2D eigenvalue weighted by Gasteiger charge is 2.24. The summed E-state index contributed by atoms with van der Waals surface area (Å²) in [5, 5.41) is 17.7. The highest BCUT2D eigenvalue weighted by molar-refractivity contribution is 6.17. The van der Waals surface area contributed by atoms with Crippen LogP contribution in [-0.4, -0.2) is 151 Å². The molecular weight excluding hydrogens is 751 g/mol. The molecular formula is C37H53N15O6. The number of anilines is 4. The minimum absolute atomic E-state index is 0.0357. The van der Waals surface area contributed by atoms with Gasteiger partial charge in [-0.1, -0.05) is 0 Å². The van der Waals surface area contributed by atoms with Crippen molar-refractivity contribution in [1.29, 1.82) is 5.41 Å². The van der Waals surface area contributed by atoms with Crippen LogP contribution in [0.5, 0.6) is 0 Å². The van der Waals surface area contributed by atoms with Gasteiger partial charge in [-0.05, 0) is 38.1 Å². The number of hydrogen-bond donors (Lipinski definition) is 7. The van der Waals surface area contributed by atoms with Crippen molar-refractivity contribution in [3.05, 3.63) is 53.6 Å². The number of amides is 3. The first-order valence-electron chi connectivity index (χ1n) is 19.1. The lowest BCUT2D eigenvalue weighted by Gasteiger charge is -2.35. The summed E-state index contributed by atoms with van der Waals surface area (Å²) in [5.74, 6) is 0.878. The Morgan fingerprint density at radius 1 is 0.897 bits per heavy atom. The van der Waals surface area contributed by atoms with E-state index in [-0.39, 0.29) is 61.4 Å². The lowest BCUT2D eigenvalue weighted by Crippen LogP contribution is -2.52. The van der Waals surface area contributed by atoms with Gasteiger partial charge in [0.05, 0.1) is 50.8 Å². The van der Waals surface area contributed by atoms with Gasteiger partial charge in [0.2, 0.25) is 23.7 Å². The number of oxazole rings is 1. The molecule has 1 fully saturated rings. The van der Waals surface area contributed by atoms with E-state index in [1.165, 1.54) is 6.33 Å². The Hall–Kier alpha value is -6.03. The summed E-state index contributed by atoms with van der Waals surface area (Å²) < 4.78 is 16.3. The molecule has 0 saturated carbocycles. The molecule has 0 atom stereocenters. The molecule has 0 spiro atoms. The van der Waals surface area contributed by atoms with Crippen LogP contribution in [0.1, 0.15) is 36.0 Å². The lowest BCUT2D eigenvalue weighted by atomic mass is 10.0. The van der Waals surface area contributed by atoms with Gasteiger partial charge in [0.15, 0.2) is 5.58 Å². The van der Waals surface area contributed by atoms with Gasteiger partial charge in [0.1, 0.15) is 23.5 Å². The van der Waals surface area contributed by atoms with Gasteiger partial charge in [0.25, 0.3) is 6.01 Å². The largest absolute Gasteiger partial charge is 0.424 e. The number of benzene rings is 1. The number of unbranched alkanes of at least 4 members (excludes halogenated alkanes) is 1. The van der Waals surface area contributed by atoms with Crippen LogP contribution in [0.25, 0.3) is 11.1 Å². The summed E-state index contributed by atoms with van der Waals surface area (Å²) >= 11 is 0. The number of ether oxygens (including phenoxy) is 2. The molecule has 312 valence electrons. The summed E-state index contributed by atoms with van der Waals surface area (Å²) in [7, 11) is 1.74. The molecule has 1 aliphatic heterocycles. The van der Waals surface area contributed by atoms with Crippen molar-refractivity contribution in [2.75, 3.05) is 114 Å². The quantitative estimate of drug-likeness (QED) is 0.0370. The number of nitrogens with zero attached hydrogens (tertiary/aromatic N) is 8. The van der Waals surface area contributed by atoms with Crippen LogP contribution in [0, 0.1) is 5.41 Å². The lowest BCUT2D eigenvalue weighted by molar-refractivity contribution is -0.133. The molecule has 3 amide bonds. The van der Waals surface area contributed by atoms with E-state index >= 15 is 0 Å². The van der Waals surface area contributed by atoms with Gasteiger partial charge in [-0.15, -0.1) is 0 Å². The van der Waals surface area contributed by atoms with Crippen LogP contribution in [0.4, 0.5) is 23.6 Å². The zero-order valence-electron chi connectivity index (χ0n) is 32.7. The number of likely N-dealkylation sites (N-methyl/N-ethyl adjacent to an activating group) is 1. The maximum atomic E-state index is 12.8. The number of nitrogen functional groups attached to an aromatic ring is 2. The summed E-state index contributed by atoms with van der Waals surface area (Å²) in [5.41, 5.74) is 20.4. The van der Waals surface area contributed by atoms with E-state index in [4.69, 9.17) is 36.5 Å². The van der Waals surface area contributed by atoms with E-state index in [0.717, 1.165) is 18.4 Å². The molecule has 1 aliphatic rings. The average Bonchev–Trinajstić information content (AvgIpc) is 3.60. The Bertz CT molecular complexity index is 1970. The second-order valence-electron chi connectivity index (χ2n) is 13.5. The van der Waals surface area contributed by atoms with Gasteiger partial charge >= 0.3 is 0 Å². The standard InChI is InChI=1S/C37H53N15O6/c1-50(23-31(55)51-10-12-52(13-11-51)37-45-20-25(19-38)21-46-37)22-30(54)43-9-15-57-17-16-56-14-6-29(53)42-7-2-3-8-44-35-32(34(40)47-24-48-35)33(39)26-4-5-28-27(18-26)49-36(41)58-28/h4-5,18,20-21,24,39H,2-3,6-17,19,22-23,38H2,1H3,(H2,41,49)(H,42,53)(H,43,54)(H3,40,44,47,48). The Morgan fingerprint density at radius 2 is 1.62 bits per heavy atom. The van der Waals surface area contributed by atoms with Crippen LogP contribution in [0.3, 0.4) is 0 Å². The topological polar surface area (TPSA) is 295 Å². The van der Waals surface area contributed by atoms with Crippen molar-refractivity contribution < 1.29 is 28.3 Å². The van der Waals surface area contributed by atoms with Gasteiger partial charge < -0.3 is 56.8 Å². The average molecular weight is 804 g/mol. The fourth-order valence-corrected chi connectivity index (χ4v) is 6.01. The molecule has 1 aromatic carbocycles. The number of rotatable bonds is 23. The highest BCUT2D eigenvalue weighted by atomic mass is 16.5. The maximum absolute atomic E-state index is 12.8. The molecule has 3 aromatic heterocycles. The summed E-state index contributed by atoms with van der Waals surface area (Å²) in [6.07, 6.45) is 6.44. The molecule has 1 saturated heterocycles. The number of hydrogen-bond acceptors (Lipinski definition) is 18. The molecule has 4 heterocycles. The van der Waals surface area contributed by atoms with Crippen molar-refractivity contribution in [2.24, 2.45) is 5.73 Å².